The van der Waals surface area contributed by atoms with Crippen molar-refractivity contribution in [1.29, 1.82) is 0 Å². The Morgan fingerprint density at radius 3 is 1.47 bits per heavy atom. The first-order valence-corrected chi connectivity index (χ1v) is 5.02. The molecule has 2 N–H and O–H groups in total. The standard InChI is InChI=1S/C12H14O4.ClH/c13-11(14)9-7-5-3-1-2-4-6-8-10-12(15)16;/h5-10H2,(H,13,14)(H,15,16);1H. The van der Waals surface area contributed by atoms with E-state index in [9.17, 15) is 9.59 Å². The van der Waals surface area contributed by atoms with Gasteiger partial charge in [-0.15, -0.1) is 12.4 Å². The molecule has 0 aliphatic rings. The average molecular weight is 259 g/mol. The molecule has 0 unspecified atom stereocenters. The lowest BCUT2D eigenvalue weighted by Gasteiger charge is -1.87. The van der Waals surface area contributed by atoms with E-state index in [1.165, 1.54) is 0 Å². The third-order valence-electron chi connectivity index (χ3n) is 1.62. The normalized spacial score (nSPS) is 7.76. The molecule has 0 aromatic carbocycles. The molecule has 94 valence electrons. The second-order valence-corrected chi connectivity index (χ2v) is 3.10. The first-order chi connectivity index (χ1) is 7.63. The summed E-state index contributed by atoms with van der Waals surface area (Å²) in [5.41, 5.74) is 0. The van der Waals surface area contributed by atoms with Crippen molar-refractivity contribution >= 4 is 24.3 Å². The molecule has 0 rings (SSSR count). The van der Waals surface area contributed by atoms with E-state index in [-0.39, 0.29) is 25.2 Å². The number of hydrogen-bond acceptors (Lipinski definition) is 2. The number of carboxylic acid groups (broad SMARTS) is 2. The lowest BCUT2D eigenvalue weighted by atomic mass is 10.2. The summed E-state index contributed by atoms with van der Waals surface area (Å²) in [5, 5.41) is 16.7. The molecule has 0 aliphatic carbocycles. The molecule has 0 saturated heterocycles. The highest BCUT2D eigenvalue weighted by molar-refractivity contribution is 5.85. The summed E-state index contributed by atoms with van der Waals surface area (Å²) in [6.07, 6.45) is 2.36. The lowest BCUT2D eigenvalue weighted by Crippen LogP contribution is -1.92. The minimum Gasteiger partial charge on any atom is -0.481 e. The van der Waals surface area contributed by atoms with E-state index < -0.39 is 11.9 Å². The number of rotatable bonds is 6. The van der Waals surface area contributed by atoms with Gasteiger partial charge in [0.1, 0.15) is 0 Å². The van der Waals surface area contributed by atoms with Gasteiger partial charge in [0.05, 0.1) is 0 Å². The molecule has 17 heavy (non-hydrogen) atoms. The van der Waals surface area contributed by atoms with Crippen LogP contribution in [0.4, 0.5) is 0 Å². The molecule has 0 amide bonds. The zero-order chi connectivity index (χ0) is 12.2. The van der Waals surface area contributed by atoms with Gasteiger partial charge in [-0.3, -0.25) is 9.59 Å². The molecule has 5 heteroatoms. The fourth-order valence-corrected chi connectivity index (χ4v) is 0.869. The van der Waals surface area contributed by atoms with E-state index in [0.29, 0.717) is 25.7 Å². The van der Waals surface area contributed by atoms with Crippen LogP contribution in [0.2, 0.25) is 0 Å². The minimum absolute atomic E-state index is 0. The van der Waals surface area contributed by atoms with Gasteiger partial charge in [-0.05, 0) is 24.7 Å². The Kier molecular flexibility index (Phi) is 13.0. The zero-order valence-electron chi connectivity index (χ0n) is 9.36. The molecule has 0 aliphatic heterocycles. The van der Waals surface area contributed by atoms with Crippen LogP contribution >= 0.6 is 12.4 Å². The molecule has 0 radical (unpaired) electrons. The maximum Gasteiger partial charge on any atom is 0.303 e. The smallest absolute Gasteiger partial charge is 0.303 e. The predicted octanol–water partition coefficient (Wildman–Crippen LogP) is 1.92. The third kappa shape index (κ3) is 17.0. The average Bonchev–Trinajstić information content (AvgIpc) is 2.20. The van der Waals surface area contributed by atoms with E-state index >= 15 is 0 Å². The van der Waals surface area contributed by atoms with Crippen molar-refractivity contribution in [2.75, 3.05) is 0 Å². The van der Waals surface area contributed by atoms with Gasteiger partial charge in [0.25, 0.3) is 0 Å². The first kappa shape index (κ1) is 17.7. The molecule has 4 nitrogen and oxygen atoms in total. The molecule has 0 bridgehead atoms. The van der Waals surface area contributed by atoms with E-state index in [0.717, 1.165) is 0 Å². The van der Waals surface area contributed by atoms with Crippen LogP contribution in [0.15, 0.2) is 0 Å². The molecule has 0 fully saturated rings. The SMILES string of the molecule is Cl.O=C(O)CCCC#CC#CCCCC(=O)O. The van der Waals surface area contributed by atoms with E-state index in [4.69, 9.17) is 10.2 Å². The maximum absolute atomic E-state index is 10.1. The molecular formula is C12H15ClO4. The largest absolute Gasteiger partial charge is 0.481 e. The second kappa shape index (κ2) is 12.4. The van der Waals surface area contributed by atoms with Gasteiger partial charge in [-0.25, -0.2) is 0 Å². The highest BCUT2D eigenvalue weighted by Crippen LogP contribution is 1.93. The van der Waals surface area contributed by atoms with Crippen molar-refractivity contribution in [3.8, 4) is 23.7 Å². The number of halogens is 1. The van der Waals surface area contributed by atoms with E-state index in [2.05, 4.69) is 23.7 Å². The van der Waals surface area contributed by atoms with Crippen molar-refractivity contribution in [3.63, 3.8) is 0 Å². The quantitative estimate of drug-likeness (QED) is 0.564. The zero-order valence-corrected chi connectivity index (χ0v) is 10.2. The highest BCUT2D eigenvalue weighted by Gasteiger charge is 1.93. The van der Waals surface area contributed by atoms with Crippen molar-refractivity contribution in [2.45, 2.75) is 38.5 Å². The Morgan fingerprint density at radius 1 is 0.824 bits per heavy atom. The van der Waals surface area contributed by atoms with Gasteiger partial charge >= 0.3 is 11.9 Å². The van der Waals surface area contributed by atoms with Gasteiger partial charge in [0.2, 0.25) is 0 Å². The Morgan fingerprint density at radius 2 is 1.18 bits per heavy atom. The van der Waals surface area contributed by atoms with Crippen LogP contribution in [-0.2, 0) is 9.59 Å². The van der Waals surface area contributed by atoms with Gasteiger partial charge in [0.15, 0.2) is 0 Å². The van der Waals surface area contributed by atoms with Crippen LogP contribution < -0.4 is 0 Å². The van der Waals surface area contributed by atoms with Gasteiger partial charge in [-0.1, -0.05) is 11.8 Å². The Bertz CT molecular complexity index is 318. The highest BCUT2D eigenvalue weighted by atomic mass is 35.5. The molecule has 0 atom stereocenters. The number of aliphatic carboxylic acids is 2. The van der Waals surface area contributed by atoms with Crippen molar-refractivity contribution in [1.82, 2.24) is 0 Å². The topological polar surface area (TPSA) is 74.6 Å². The number of unbranched alkanes of at least 4 members (excludes halogenated alkanes) is 2. The fraction of sp³-hybridized carbons (Fsp3) is 0.500. The molecule has 0 heterocycles. The van der Waals surface area contributed by atoms with Gasteiger partial charge in [0, 0.05) is 25.7 Å². The van der Waals surface area contributed by atoms with Gasteiger partial charge < -0.3 is 10.2 Å². The summed E-state index contributed by atoms with van der Waals surface area (Å²) >= 11 is 0. The van der Waals surface area contributed by atoms with Crippen LogP contribution in [0, 0.1) is 23.7 Å². The summed E-state index contributed by atoms with van der Waals surface area (Å²) in [6.45, 7) is 0. The number of carbonyl (C=O) groups is 2. The first-order valence-electron chi connectivity index (χ1n) is 5.02. The van der Waals surface area contributed by atoms with Crippen LogP contribution in [-0.4, -0.2) is 22.2 Å². The summed E-state index contributed by atoms with van der Waals surface area (Å²) in [7, 11) is 0. The molecule has 0 aromatic heterocycles. The summed E-state index contributed by atoms with van der Waals surface area (Å²) in [5.74, 6) is 9.03. The lowest BCUT2D eigenvalue weighted by molar-refractivity contribution is -0.138. The number of carboxylic acids is 2. The Balaban J connectivity index is 0. The predicted molar refractivity (Wildman–Crippen MR) is 65.8 cm³/mol. The summed E-state index contributed by atoms with van der Waals surface area (Å²) in [6, 6.07) is 0. The van der Waals surface area contributed by atoms with Gasteiger partial charge in [-0.2, -0.15) is 0 Å². The van der Waals surface area contributed by atoms with E-state index in [1.807, 2.05) is 0 Å². The van der Waals surface area contributed by atoms with Crippen molar-refractivity contribution in [2.24, 2.45) is 0 Å². The Labute approximate surface area is 107 Å². The molecule has 0 aromatic rings. The second-order valence-electron chi connectivity index (χ2n) is 3.10. The number of hydrogen-bond donors (Lipinski definition) is 2. The Hall–Kier alpha value is -1.65. The molecule has 0 spiro atoms. The maximum atomic E-state index is 10.1. The monoisotopic (exact) mass is 258 g/mol. The van der Waals surface area contributed by atoms with Crippen LogP contribution in [0.5, 0.6) is 0 Å². The minimum atomic E-state index is -0.818. The summed E-state index contributed by atoms with van der Waals surface area (Å²) in [4.78, 5) is 20.3. The van der Waals surface area contributed by atoms with Crippen molar-refractivity contribution < 1.29 is 19.8 Å². The molecule has 0 saturated carbocycles. The van der Waals surface area contributed by atoms with Crippen LogP contribution in [0.25, 0.3) is 0 Å². The molecular weight excluding hydrogens is 244 g/mol. The van der Waals surface area contributed by atoms with E-state index in [1.54, 1.807) is 0 Å². The fourth-order valence-electron chi connectivity index (χ4n) is 0.869. The van der Waals surface area contributed by atoms with Crippen LogP contribution in [0.3, 0.4) is 0 Å². The summed E-state index contributed by atoms with van der Waals surface area (Å²) < 4.78 is 0. The third-order valence-corrected chi connectivity index (χ3v) is 1.62. The van der Waals surface area contributed by atoms with Crippen molar-refractivity contribution in [3.05, 3.63) is 0 Å². The van der Waals surface area contributed by atoms with Crippen LogP contribution in [0.1, 0.15) is 38.5 Å².